The van der Waals surface area contributed by atoms with E-state index in [9.17, 15) is 27.0 Å². The van der Waals surface area contributed by atoms with Crippen molar-refractivity contribution >= 4 is 66.3 Å². The molecule has 4 aromatic rings. The molecule has 0 aliphatic rings. The fourth-order valence-electron chi connectivity index (χ4n) is 4.44. The van der Waals surface area contributed by atoms with Crippen LogP contribution in [0.4, 0.5) is 0 Å². The average molecular weight is 719 g/mol. The van der Waals surface area contributed by atoms with Gasteiger partial charge in [-0.2, -0.15) is 4.31 Å². The van der Waals surface area contributed by atoms with Crippen molar-refractivity contribution in [2.75, 3.05) is 12.4 Å². The van der Waals surface area contributed by atoms with Crippen LogP contribution in [0.2, 0.25) is 20.1 Å². The van der Waals surface area contributed by atoms with Gasteiger partial charge in [-0.15, -0.1) is 0 Å². The number of aromatic hydroxyl groups is 2. The third-order valence-electron chi connectivity index (χ3n) is 6.52. The van der Waals surface area contributed by atoms with Crippen LogP contribution in [0.1, 0.15) is 23.6 Å². The number of halogens is 4. The lowest BCUT2D eigenvalue weighted by atomic mass is 10.1. The second-order valence-electron chi connectivity index (χ2n) is 9.71. The zero-order chi connectivity index (χ0) is 32.2. The summed E-state index contributed by atoms with van der Waals surface area (Å²) in [5.74, 6) is -1.02. The molecular weight excluding hydrogens is 692 g/mol. The highest BCUT2D eigenvalue weighted by Gasteiger charge is 2.30. The zero-order valence-electron chi connectivity index (χ0n) is 23.2. The van der Waals surface area contributed by atoms with Gasteiger partial charge in [-0.1, -0.05) is 82.8 Å². The fraction of sp³-hybridized carbons (Fsp3) is 0.200. The lowest BCUT2D eigenvalue weighted by Crippen LogP contribution is -2.30. The lowest BCUT2D eigenvalue weighted by Gasteiger charge is -2.24. The minimum atomic E-state index is -4.37. The summed E-state index contributed by atoms with van der Waals surface area (Å²) < 4.78 is 60.7. The van der Waals surface area contributed by atoms with E-state index in [1.807, 2.05) is 6.92 Å². The minimum absolute atomic E-state index is 0.0277. The molecule has 0 aromatic heterocycles. The number of rotatable bonds is 12. The van der Waals surface area contributed by atoms with Crippen molar-refractivity contribution < 1.29 is 31.8 Å². The molecule has 0 saturated carbocycles. The van der Waals surface area contributed by atoms with Crippen molar-refractivity contribution in [3.8, 4) is 17.2 Å². The highest BCUT2D eigenvalue weighted by molar-refractivity contribution is 7.91. The molecule has 0 unspecified atom stereocenters. The molecule has 0 aliphatic heterocycles. The van der Waals surface area contributed by atoms with Gasteiger partial charge in [-0.3, -0.25) is 0 Å². The average Bonchev–Trinajstić information content (AvgIpc) is 2.96. The number of aryl methyl sites for hydroxylation is 1. The van der Waals surface area contributed by atoms with Gasteiger partial charge in [-0.05, 0) is 66.4 Å². The van der Waals surface area contributed by atoms with Crippen LogP contribution in [0.5, 0.6) is 17.2 Å². The van der Waals surface area contributed by atoms with Crippen molar-refractivity contribution in [2.45, 2.75) is 36.2 Å². The molecule has 44 heavy (non-hydrogen) atoms. The second kappa shape index (κ2) is 14.2. The van der Waals surface area contributed by atoms with Crippen molar-refractivity contribution in [3.63, 3.8) is 0 Å². The maximum absolute atomic E-state index is 14.0. The van der Waals surface area contributed by atoms with E-state index in [0.29, 0.717) is 29.0 Å². The van der Waals surface area contributed by atoms with Gasteiger partial charge in [0.05, 0.1) is 22.4 Å². The van der Waals surface area contributed by atoms with Gasteiger partial charge in [-0.25, -0.2) is 16.8 Å². The van der Waals surface area contributed by atoms with E-state index in [2.05, 4.69) is 0 Å². The number of phenolic OH excluding ortho intramolecular Hbond substituents is 2. The molecule has 8 nitrogen and oxygen atoms in total. The summed E-state index contributed by atoms with van der Waals surface area (Å²) in [6.45, 7) is 2.02. The Hall–Kier alpha value is -2.70. The number of benzene rings is 4. The fourth-order valence-corrected chi connectivity index (χ4v) is 8.65. The highest BCUT2D eigenvalue weighted by Crippen LogP contribution is 2.37. The third kappa shape index (κ3) is 8.11. The molecule has 14 heteroatoms. The summed E-state index contributed by atoms with van der Waals surface area (Å²) in [4.78, 5) is -0.837. The van der Waals surface area contributed by atoms with Crippen molar-refractivity contribution in [1.29, 1.82) is 0 Å². The van der Waals surface area contributed by atoms with Gasteiger partial charge in [0.2, 0.25) is 10.0 Å². The molecule has 0 saturated heterocycles. The number of sulfone groups is 1. The predicted molar refractivity (Wildman–Crippen MR) is 172 cm³/mol. The first-order chi connectivity index (χ1) is 20.7. The molecule has 0 bridgehead atoms. The standard InChI is InChI=1S/C30H27Cl4NO7S2/c1-2-42-24-8-4-7-21(12-24)18-35(44(40,41)28-16-23(32)14-26(34)30(28)37)17-20-6-3-5-19(11-20)9-10-43(38,39)27-15-22(31)13-25(33)29(27)36/h3-8,11-16,36-37H,2,9-10,17-18H2,1H3. The monoisotopic (exact) mass is 717 g/mol. The van der Waals surface area contributed by atoms with E-state index in [1.54, 1.807) is 48.5 Å². The summed E-state index contributed by atoms with van der Waals surface area (Å²) in [6.07, 6.45) is 0.0492. The maximum atomic E-state index is 14.0. The minimum Gasteiger partial charge on any atom is -0.505 e. The van der Waals surface area contributed by atoms with Crippen LogP contribution in [0, 0.1) is 0 Å². The van der Waals surface area contributed by atoms with E-state index in [0.717, 1.165) is 16.4 Å². The smallest absolute Gasteiger partial charge is 0.247 e. The van der Waals surface area contributed by atoms with Crippen molar-refractivity contribution in [2.24, 2.45) is 0 Å². The van der Waals surface area contributed by atoms with E-state index in [-0.39, 0.29) is 50.2 Å². The quantitative estimate of drug-likeness (QED) is 0.155. The molecule has 0 spiro atoms. The topological polar surface area (TPSA) is 121 Å². The van der Waals surface area contributed by atoms with Gasteiger partial charge in [0.25, 0.3) is 0 Å². The van der Waals surface area contributed by atoms with Gasteiger partial charge >= 0.3 is 0 Å². The van der Waals surface area contributed by atoms with E-state index in [4.69, 9.17) is 51.1 Å². The van der Waals surface area contributed by atoms with Crippen LogP contribution in [0.3, 0.4) is 0 Å². The second-order valence-corrected chi connectivity index (χ2v) is 15.4. The zero-order valence-corrected chi connectivity index (χ0v) is 27.8. The molecule has 2 N–H and O–H groups in total. The van der Waals surface area contributed by atoms with Crippen LogP contribution in [-0.4, -0.2) is 43.7 Å². The number of ether oxygens (including phenoxy) is 1. The summed E-state index contributed by atoms with van der Waals surface area (Å²) >= 11 is 24.0. The molecule has 4 aromatic carbocycles. The Labute approximate surface area is 276 Å². The Morgan fingerprint density at radius 3 is 1.84 bits per heavy atom. The molecule has 0 heterocycles. The Kier molecular flexibility index (Phi) is 11.0. The number of hydrogen-bond donors (Lipinski definition) is 2. The number of sulfonamides is 1. The van der Waals surface area contributed by atoms with Gasteiger partial charge in [0, 0.05) is 23.1 Å². The number of nitrogens with zero attached hydrogens (tertiary/aromatic N) is 1. The third-order valence-corrected chi connectivity index (χ3v) is 11.1. The molecule has 0 atom stereocenters. The van der Waals surface area contributed by atoms with Crippen LogP contribution < -0.4 is 4.74 Å². The number of phenols is 2. The number of hydrogen-bond acceptors (Lipinski definition) is 7. The van der Waals surface area contributed by atoms with Gasteiger partial charge < -0.3 is 14.9 Å². The Bertz CT molecular complexity index is 1900. The molecule has 0 aliphatic carbocycles. The van der Waals surface area contributed by atoms with Gasteiger partial charge in [0.1, 0.15) is 15.5 Å². The lowest BCUT2D eigenvalue weighted by molar-refractivity contribution is 0.338. The Morgan fingerprint density at radius 1 is 0.705 bits per heavy atom. The van der Waals surface area contributed by atoms with Crippen LogP contribution in [0.25, 0.3) is 0 Å². The predicted octanol–water partition coefficient (Wildman–Crippen LogP) is 7.52. The summed E-state index contributed by atoms with van der Waals surface area (Å²) in [5.41, 5.74) is 1.77. The Balaban J connectivity index is 1.66. The van der Waals surface area contributed by atoms with Crippen molar-refractivity contribution in [1.82, 2.24) is 4.31 Å². The normalized spacial score (nSPS) is 12.0. The first kappa shape index (κ1) is 34.2. The van der Waals surface area contributed by atoms with Crippen LogP contribution in [-0.2, 0) is 39.4 Å². The van der Waals surface area contributed by atoms with Crippen molar-refractivity contribution in [3.05, 3.63) is 110 Å². The summed E-state index contributed by atoms with van der Waals surface area (Å²) in [7, 11) is -8.35. The molecule has 4 rings (SSSR count). The Morgan fingerprint density at radius 2 is 1.23 bits per heavy atom. The summed E-state index contributed by atoms with van der Waals surface area (Å²) in [5, 5.41) is 20.5. The SMILES string of the molecule is CCOc1cccc(CN(Cc2cccc(CCS(=O)(=O)c3cc(Cl)cc(Cl)c3O)c2)S(=O)(=O)c2cc(Cl)cc(Cl)c2O)c1. The van der Waals surface area contributed by atoms with E-state index in [1.165, 1.54) is 12.1 Å². The van der Waals surface area contributed by atoms with E-state index < -0.39 is 36.3 Å². The molecular formula is C30H27Cl4NO7S2. The molecule has 0 fully saturated rings. The van der Waals surface area contributed by atoms with Crippen LogP contribution >= 0.6 is 46.4 Å². The summed E-state index contributed by atoms with van der Waals surface area (Å²) in [6, 6.07) is 18.5. The first-order valence-corrected chi connectivity index (χ1v) is 17.7. The molecule has 0 radical (unpaired) electrons. The first-order valence-electron chi connectivity index (χ1n) is 13.1. The highest BCUT2D eigenvalue weighted by atomic mass is 35.5. The van der Waals surface area contributed by atoms with Crippen LogP contribution in [0.15, 0.2) is 82.6 Å². The maximum Gasteiger partial charge on any atom is 0.247 e. The van der Waals surface area contributed by atoms with E-state index >= 15 is 0 Å². The largest absolute Gasteiger partial charge is 0.505 e. The van der Waals surface area contributed by atoms with Gasteiger partial charge in [0.15, 0.2) is 21.3 Å². The molecule has 234 valence electrons. The molecule has 0 amide bonds.